The number of ether oxygens (including phenoxy) is 3. The maximum absolute atomic E-state index is 5.72. The van der Waals surface area contributed by atoms with Gasteiger partial charge in [-0.1, -0.05) is 0 Å². The molecule has 1 unspecified atom stereocenters. The van der Waals surface area contributed by atoms with Crippen LogP contribution in [-0.4, -0.2) is 50.8 Å². The van der Waals surface area contributed by atoms with Crippen molar-refractivity contribution in [3.05, 3.63) is 16.1 Å². The standard InChI is InChI=1S/C11H18N2O3S/c1-13-4-5-16-9(6-13)10-12-8(7-17-10)11(14-2)15-3/h7,9,11H,4-6H2,1-3H3. The second-order valence-electron chi connectivity index (χ2n) is 4.04. The lowest BCUT2D eigenvalue weighted by atomic mass is 10.3. The number of morpholine rings is 1. The van der Waals surface area contributed by atoms with Crippen LogP contribution in [0.3, 0.4) is 0 Å². The van der Waals surface area contributed by atoms with E-state index in [0.29, 0.717) is 0 Å². The summed E-state index contributed by atoms with van der Waals surface area (Å²) in [6.07, 6.45) is -0.316. The zero-order chi connectivity index (χ0) is 12.3. The van der Waals surface area contributed by atoms with Crippen LogP contribution in [0.5, 0.6) is 0 Å². The Morgan fingerprint density at radius 3 is 2.94 bits per heavy atom. The fourth-order valence-electron chi connectivity index (χ4n) is 1.82. The zero-order valence-electron chi connectivity index (χ0n) is 10.4. The topological polar surface area (TPSA) is 43.8 Å². The minimum absolute atomic E-state index is 0.0712. The summed E-state index contributed by atoms with van der Waals surface area (Å²) in [5.41, 5.74) is 0.812. The first-order valence-corrected chi connectivity index (χ1v) is 6.43. The third-order valence-electron chi connectivity index (χ3n) is 2.75. The predicted octanol–water partition coefficient (Wildman–Crippen LogP) is 1.44. The summed E-state index contributed by atoms with van der Waals surface area (Å²) >= 11 is 1.59. The molecule has 1 aliphatic heterocycles. The lowest BCUT2D eigenvalue weighted by molar-refractivity contribution is -0.108. The van der Waals surface area contributed by atoms with Gasteiger partial charge in [-0.05, 0) is 7.05 Å². The van der Waals surface area contributed by atoms with Crippen molar-refractivity contribution < 1.29 is 14.2 Å². The summed E-state index contributed by atoms with van der Waals surface area (Å²) in [6, 6.07) is 0. The van der Waals surface area contributed by atoms with E-state index < -0.39 is 0 Å². The van der Waals surface area contributed by atoms with E-state index in [1.165, 1.54) is 0 Å². The van der Waals surface area contributed by atoms with Crippen molar-refractivity contribution in [1.82, 2.24) is 9.88 Å². The summed E-state index contributed by atoms with van der Waals surface area (Å²) in [5, 5.41) is 2.95. The largest absolute Gasteiger partial charge is 0.368 e. The van der Waals surface area contributed by atoms with Crippen LogP contribution in [0.25, 0.3) is 0 Å². The molecule has 96 valence electrons. The van der Waals surface area contributed by atoms with Gasteiger partial charge in [0.15, 0.2) is 0 Å². The van der Waals surface area contributed by atoms with E-state index in [4.69, 9.17) is 14.2 Å². The van der Waals surface area contributed by atoms with Crippen LogP contribution < -0.4 is 0 Å². The van der Waals surface area contributed by atoms with Crippen molar-refractivity contribution in [1.29, 1.82) is 0 Å². The molecule has 0 amide bonds. The summed E-state index contributed by atoms with van der Waals surface area (Å²) in [6.45, 7) is 2.62. The number of likely N-dealkylation sites (N-methyl/N-ethyl adjacent to an activating group) is 1. The average Bonchev–Trinajstić information content (AvgIpc) is 2.80. The number of aromatic nitrogens is 1. The molecule has 17 heavy (non-hydrogen) atoms. The Morgan fingerprint density at radius 2 is 2.29 bits per heavy atom. The van der Waals surface area contributed by atoms with E-state index in [-0.39, 0.29) is 12.4 Å². The number of hydrogen-bond acceptors (Lipinski definition) is 6. The third kappa shape index (κ3) is 3.02. The highest BCUT2D eigenvalue weighted by Gasteiger charge is 2.23. The number of thiazole rings is 1. The Labute approximate surface area is 105 Å². The van der Waals surface area contributed by atoms with Gasteiger partial charge >= 0.3 is 0 Å². The van der Waals surface area contributed by atoms with Gasteiger partial charge in [0, 0.05) is 32.7 Å². The van der Waals surface area contributed by atoms with E-state index in [0.717, 1.165) is 30.4 Å². The van der Waals surface area contributed by atoms with Crippen molar-refractivity contribution in [2.24, 2.45) is 0 Å². The number of hydrogen-bond donors (Lipinski definition) is 0. The molecule has 5 nitrogen and oxygen atoms in total. The Morgan fingerprint density at radius 1 is 1.53 bits per heavy atom. The normalized spacial score (nSPS) is 22.2. The Bertz CT molecular complexity index is 354. The molecule has 6 heteroatoms. The smallest absolute Gasteiger partial charge is 0.201 e. The van der Waals surface area contributed by atoms with Crippen LogP contribution in [-0.2, 0) is 14.2 Å². The molecule has 0 N–H and O–H groups in total. The molecule has 0 spiro atoms. The van der Waals surface area contributed by atoms with E-state index in [1.54, 1.807) is 25.6 Å². The molecule has 0 bridgehead atoms. The molecule has 1 aromatic rings. The molecule has 0 radical (unpaired) electrons. The van der Waals surface area contributed by atoms with Gasteiger partial charge in [0.2, 0.25) is 6.29 Å². The highest BCUT2D eigenvalue weighted by atomic mass is 32.1. The van der Waals surface area contributed by atoms with Crippen LogP contribution in [0, 0.1) is 0 Å². The molecule has 0 aliphatic carbocycles. The Hall–Kier alpha value is -0.530. The second kappa shape index (κ2) is 5.88. The monoisotopic (exact) mass is 258 g/mol. The number of rotatable bonds is 4. The van der Waals surface area contributed by atoms with Gasteiger partial charge in [0.1, 0.15) is 16.8 Å². The minimum Gasteiger partial charge on any atom is -0.368 e. The maximum Gasteiger partial charge on any atom is 0.201 e. The van der Waals surface area contributed by atoms with E-state index in [9.17, 15) is 0 Å². The van der Waals surface area contributed by atoms with Gasteiger partial charge in [-0.2, -0.15) is 0 Å². The molecule has 1 aliphatic rings. The van der Waals surface area contributed by atoms with Gasteiger partial charge in [0.05, 0.1) is 6.61 Å². The molecule has 0 saturated carbocycles. The molecule has 1 fully saturated rings. The molecule has 2 heterocycles. The van der Waals surface area contributed by atoms with Crippen molar-refractivity contribution in [3.63, 3.8) is 0 Å². The molecule has 0 aromatic carbocycles. The first-order chi connectivity index (χ1) is 8.24. The molecular formula is C11H18N2O3S. The van der Waals surface area contributed by atoms with Crippen LogP contribution in [0.15, 0.2) is 5.38 Å². The molecule has 1 saturated heterocycles. The summed E-state index contributed by atoms with van der Waals surface area (Å²) in [4.78, 5) is 6.78. The molecule has 2 rings (SSSR count). The van der Waals surface area contributed by atoms with Crippen LogP contribution in [0.2, 0.25) is 0 Å². The van der Waals surface area contributed by atoms with Gasteiger partial charge in [-0.3, -0.25) is 0 Å². The predicted molar refractivity (Wildman–Crippen MR) is 65.1 cm³/mol. The lowest BCUT2D eigenvalue weighted by Crippen LogP contribution is -2.35. The van der Waals surface area contributed by atoms with E-state index >= 15 is 0 Å². The van der Waals surface area contributed by atoms with Crippen molar-refractivity contribution >= 4 is 11.3 Å². The van der Waals surface area contributed by atoms with Gasteiger partial charge in [-0.25, -0.2) is 4.98 Å². The van der Waals surface area contributed by atoms with Gasteiger partial charge < -0.3 is 19.1 Å². The third-order valence-corrected chi connectivity index (χ3v) is 3.71. The van der Waals surface area contributed by atoms with E-state index in [2.05, 4.69) is 16.9 Å². The van der Waals surface area contributed by atoms with Crippen LogP contribution >= 0.6 is 11.3 Å². The lowest BCUT2D eigenvalue weighted by Gasteiger charge is -2.28. The quantitative estimate of drug-likeness (QED) is 0.765. The summed E-state index contributed by atoms with van der Waals surface area (Å²) in [5.74, 6) is 0. The second-order valence-corrected chi connectivity index (χ2v) is 4.93. The van der Waals surface area contributed by atoms with Crippen LogP contribution in [0.1, 0.15) is 23.1 Å². The molecule has 1 aromatic heterocycles. The van der Waals surface area contributed by atoms with Crippen molar-refractivity contribution in [2.75, 3.05) is 41.0 Å². The fraction of sp³-hybridized carbons (Fsp3) is 0.727. The average molecular weight is 258 g/mol. The minimum atomic E-state index is -0.388. The first kappa shape index (κ1) is 12.9. The van der Waals surface area contributed by atoms with Crippen molar-refractivity contribution in [3.8, 4) is 0 Å². The first-order valence-electron chi connectivity index (χ1n) is 5.55. The van der Waals surface area contributed by atoms with Crippen molar-refractivity contribution in [2.45, 2.75) is 12.4 Å². The fourth-order valence-corrected chi connectivity index (χ4v) is 2.68. The zero-order valence-corrected chi connectivity index (χ0v) is 11.2. The highest BCUT2D eigenvalue weighted by molar-refractivity contribution is 7.09. The Balaban J connectivity index is 2.06. The SMILES string of the molecule is COC(OC)c1csc(C2CN(C)CCO2)n1. The Kier molecular flexibility index (Phi) is 4.47. The molecule has 1 atom stereocenters. The van der Waals surface area contributed by atoms with Gasteiger partial charge in [0.25, 0.3) is 0 Å². The molecular weight excluding hydrogens is 240 g/mol. The summed E-state index contributed by atoms with van der Waals surface area (Å²) < 4.78 is 16.1. The van der Waals surface area contributed by atoms with E-state index in [1.807, 2.05) is 5.38 Å². The highest BCUT2D eigenvalue weighted by Crippen LogP contribution is 2.27. The summed E-state index contributed by atoms with van der Waals surface area (Å²) in [7, 11) is 5.31. The maximum atomic E-state index is 5.72. The van der Waals surface area contributed by atoms with Gasteiger partial charge in [-0.15, -0.1) is 11.3 Å². The number of methoxy groups -OCH3 is 2. The number of nitrogens with zero attached hydrogens (tertiary/aromatic N) is 2. The van der Waals surface area contributed by atoms with Crippen LogP contribution in [0.4, 0.5) is 0 Å².